The van der Waals surface area contributed by atoms with Gasteiger partial charge in [-0.1, -0.05) is 123 Å². The first-order valence-electron chi connectivity index (χ1n) is 24.7. The predicted molar refractivity (Wildman–Crippen MR) is 324 cm³/mol. The van der Waals surface area contributed by atoms with Crippen molar-refractivity contribution in [2.24, 2.45) is 30.9 Å². The van der Waals surface area contributed by atoms with Crippen LogP contribution in [0, 0.1) is 5.92 Å². The fourth-order valence-electron chi connectivity index (χ4n) is 3.42. The molecule has 77 heavy (non-hydrogen) atoms. The molecular weight excluding hydrogens is 1420 g/mol. The van der Waals surface area contributed by atoms with Gasteiger partial charge in [0, 0.05) is 159 Å². The van der Waals surface area contributed by atoms with Crippen LogP contribution in [0.5, 0.6) is 0 Å². The standard InChI is InChI=1S/4C9H13N2.C6H7N2.5C4H8.5Pd/c1-9(2,3)11-7-8-5-4-6-10-8;1-8(2)6-10-7-9-4-3-5-11-9;1-3-8(2)11-7-9-5-4-6-10-9;1-2-3-6-10-8-9-5-4-7-11-9;1-7-5-6-3-2-4-8-6;5*1-4(2)3;;;;;/h4-7H,1-3H3;3-5,7-8H,6H2,1-2H3;4-8H,3H2,1-2H3;4-5,7-8H,2-3,6H2,1H3;2-5H,1H3;5*1H2,2-3H3;;;;;/q5*-1;;;;;;;;;;. The quantitative estimate of drug-likeness (QED) is 0.0531. The van der Waals surface area contributed by atoms with E-state index in [1.807, 2.05) is 149 Å². The summed E-state index contributed by atoms with van der Waals surface area (Å²) in [5.74, 6) is 0.626. The Balaban J connectivity index is -0.0000000828. The van der Waals surface area contributed by atoms with Crippen molar-refractivity contribution < 1.29 is 102 Å². The van der Waals surface area contributed by atoms with Crippen molar-refractivity contribution >= 4 is 31.1 Å². The van der Waals surface area contributed by atoms with E-state index in [-0.39, 0.29) is 108 Å². The maximum absolute atomic E-state index is 4.31. The third kappa shape index (κ3) is 102. The number of aliphatic imine (C=N–C) groups is 5. The maximum atomic E-state index is 4.31. The molecular formula is C62H99N10Pd5-5. The van der Waals surface area contributed by atoms with Crippen molar-refractivity contribution in [3.8, 4) is 0 Å². The largest absolute Gasteiger partial charge is 0.663 e. The summed E-state index contributed by atoms with van der Waals surface area (Å²) in [5.41, 5.74) is 10.5. The van der Waals surface area contributed by atoms with Gasteiger partial charge in [-0.3, -0.25) is 25.0 Å². The number of nitrogens with zero attached hydrogens (tertiary/aromatic N) is 10. The van der Waals surface area contributed by atoms with Gasteiger partial charge >= 0.3 is 0 Å². The van der Waals surface area contributed by atoms with Crippen molar-refractivity contribution in [2.75, 3.05) is 20.1 Å². The van der Waals surface area contributed by atoms with Crippen molar-refractivity contribution in [1.82, 2.24) is 24.9 Å². The van der Waals surface area contributed by atoms with Crippen LogP contribution in [0.4, 0.5) is 0 Å². The van der Waals surface area contributed by atoms with Crippen LogP contribution in [-0.4, -0.2) is 62.8 Å². The molecule has 0 aliphatic heterocycles. The molecule has 0 saturated carbocycles. The normalized spacial score (nSPS) is 9.82. The molecule has 0 spiro atoms. The number of hydrogen-bond acceptors (Lipinski definition) is 5. The molecule has 5 heterocycles. The van der Waals surface area contributed by atoms with Crippen molar-refractivity contribution in [3.05, 3.63) is 181 Å². The van der Waals surface area contributed by atoms with Gasteiger partial charge in [0.05, 0.1) is 5.54 Å². The Morgan fingerprint density at radius 3 is 1.01 bits per heavy atom. The Morgan fingerprint density at radius 1 is 0.481 bits per heavy atom. The van der Waals surface area contributed by atoms with E-state index in [0.717, 1.165) is 54.4 Å². The fourth-order valence-corrected chi connectivity index (χ4v) is 3.42. The number of allylic oxidation sites excluding steroid dienone is 5. The van der Waals surface area contributed by atoms with Gasteiger partial charge in [-0.15, -0.1) is 61.4 Å². The maximum Gasteiger partial charge on any atom is 0.0523 e. The van der Waals surface area contributed by atoms with Crippen LogP contribution in [0.3, 0.4) is 0 Å². The third-order valence-electron chi connectivity index (χ3n) is 6.34. The van der Waals surface area contributed by atoms with Crippen LogP contribution in [-0.2, 0) is 102 Å². The molecule has 10 nitrogen and oxygen atoms in total. The smallest absolute Gasteiger partial charge is 0.0523 e. The van der Waals surface area contributed by atoms with E-state index in [1.54, 1.807) is 50.5 Å². The van der Waals surface area contributed by atoms with Gasteiger partial charge in [0.2, 0.25) is 0 Å². The van der Waals surface area contributed by atoms with Gasteiger partial charge in [0.15, 0.2) is 0 Å². The molecule has 0 fully saturated rings. The minimum atomic E-state index is -0.00104. The zero-order chi connectivity index (χ0) is 56.2. The first kappa shape index (κ1) is 96.1. The van der Waals surface area contributed by atoms with Gasteiger partial charge in [-0.2, -0.15) is 31.0 Å². The van der Waals surface area contributed by atoms with E-state index < -0.39 is 0 Å². The van der Waals surface area contributed by atoms with Gasteiger partial charge < -0.3 is 24.9 Å². The van der Waals surface area contributed by atoms with E-state index in [4.69, 9.17) is 0 Å². The minimum Gasteiger partial charge on any atom is -0.663 e. The topological polar surface area (TPSA) is 132 Å². The summed E-state index contributed by atoms with van der Waals surface area (Å²) >= 11 is 0. The molecule has 5 aromatic rings. The molecule has 0 saturated heterocycles. The average Bonchev–Trinajstić information content (AvgIpc) is 4.12. The summed E-state index contributed by atoms with van der Waals surface area (Å²) in [5, 5.41) is 0. The van der Waals surface area contributed by atoms with Crippen molar-refractivity contribution in [2.45, 2.75) is 155 Å². The second kappa shape index (κ2) is 68.9. The molecule has 0 aliphatic rings. The molecule has 0 amide bonds. The summed E-state index contributed by atoms with van der Waals surface area (Å²) in [6, 6.07) is 19.6. The summed E-state index contributed by atoms with van der Waals surface area (Å²) in [4.78, 5) is 41.1. The Morgan fingerprint density at radius 2 is 0.766 bits per heavy atom. The van der Waals surface area contributed by atoms with E-state index in [0.29, 0.717) is 12.0 Å². The number of rotatable bonds is 12. The van der Waals surface area contributed by atoms with Crippen molar-refractivity contribution in [3.63, 3.8) is 0 Å². The Bertz CT molecular complexity index is 2010. The first-order valence-corrected chi connectivity index (χ1v) is 24.7. The molecule has 0 bridgehead atoms. The van der Waals surface area contributed by atoms with E-state index in [9.17, 15) is 0 Å². The average molecular weight is 1520 g/mol. The van der Waals surface area contributed by atoms with Crippen LogP contribution in [0.15, 0.2) is 177 Å². The first-order chi connectivity index (χ1) is 33.7. The van der Waals surface area contributed by atoms with Crippen LogP contribution in [0.25, 0.3) is 0 Å². The molecule has 0 aromatic carbocycles. The molecule has 1 atom stereocenters. The van der Waals surface area contributed by atoms with Crippen molar-refractivity contribution in [1.29, 1.82) is 0 Å². The summed E-state index contributed by atoms with van der Waals surface area (Å²) < 4.78 is 0. The third-order valence-corrected chi connectivity index (χ3v) is 6.34. The second-order valence-corrected chi connectivity index (χ2v) is 19.0. The molecule has 5 aromatic heterocycles. The summed E-state index contributed by atoms with van der Waals surface area (Å²) in [6.07, 6.45) is 21.3. The van der Waals surface area contributed by atoms with Crippen LogP contribution < -0.4 is 24.9 Å². The van der Waals surface area contributed by atoms with Gasteiger partial charge in [-0.25, -0.2) is 0 Å². The number of unbranched alkanes of at least 4 members (excludes halogenated alkanes) is 1. The fraction of sp³-hybridized carbons (Fsp3) is 0.435. The van der Waals surface area contributed by atoms with E-state index in [2.05, 4.69) is 138 Å². The Labute approximate surface area is 540 Å². The molecule has 0 radical (unpaired) electrons. The SMILES string of the molecule is C=C(C)C.C=C(C)C.C=C(C)C.C=C(C)C.C=C(C)C.CC(C)(C)N=Cc1ccc[n-]1.CC(C)CN=Cc1ccc[n-]1.CCC(C)N=Cc1ccc[n-]1.CCCCN=Cc1ccc[n-]1.CN=Cc1ccc[n-]1.[Pd].[Pd].[Pd].[Pd].[Pd]. The van der Waals surface area contributed by atoms with E-state index >= 15 is 0 Å². The summed E-state index contributed by atoms with van der Waals surface area (Å²) in [7, 11) is 1.73. The van der Waals surface area contributed by atoms with Crippen LogP contribution in [0.1, 0.15) is 172 Å². The van der Waals surface area contributed by atoms with Gasteiger partial charge in [-0.05, 0) is 116 Å². The Kier molecular flexibility index (Phi) is 85.9. The van der Waals surface area contributed by atoms with E-state index in [1.165, 1.54) is 34.3 Å². The number of aromatic nitrogens is 5. The monoisotopic (exact) mass is 1510 g/mol. The summed E-state index contributed by atoms with van der Waals surface area (Å²) in [6.45, 7) is 56.2. The minimum absolute atomic E-state index is 0. The van der Waals surface area contributed by atoms with Crippen LogP contribution in [0.2, 0.25) is 0 Å². The molecule has 452 valence electrons. The van der Waals surface area contributed by atoms with Gasteiger partial charge in [0.1, 0.15) is 0 Å². The Hall–Kier alpha value is -3.24. The molecule has 0 aliphatic carbocycles. The second-order valence-electron chi connectivity index (χ2n) is 19.0. The molecule has 15 heteroatoms. The predicted octanol–water partition coefficient (Wildman–Crippen LogP) is 15.9. The molecule has 1 unspecified atom stereocenters. The molecule has 5 rings (SSSR count). The van der Waals surface area contributed by atoms with Crippen LogP contribution >= 0.6 is 0 Å². The zero-order valence-corrected chi connectivity index (χ0v) is 58.1. The molecule has 0 N–H and O–H groups in total. The van der Waals surface area contributed by atoms with Gasteiger partial charge in [0.25, 0.3) is 0 Å². The number of hydrogen-bond donors (Lipinski definition) is 0. The zero-order valence-electron chi connectivity index (χ0n) is 50.3.